The van der Waals surface area contributed by atoms with Crippen molar-refractivity contribution >= 4 is 11.9 Å². The van der Waals surface area contributed by atoms with Crippen LogP contribution in [0.3, 0.4) is 0 Å². The molecule has 6 nitrogen and oxygen atoms in total. The van der Waals surface area contributed by atoms with Crippen molar-refractivity contribution in [3.8, 4) is 0 Å². The van der Waals surface area contributed by atoms with Gasteiger partial charge < -0.3 is 15.1 Å². The summed E-state index contributed by atoms with van der Waals surface area (Å²) in [6.07, 6.45) is 7.17. The lowest BCUT2D eigenvalue weighted by Gasteiger charge is -2.46. The van der Waals surface area contributed by atoms with Crippen molar-refractivity contribution in [2.45, 2.75) is 25.2 Å². The van der Waals surface area contributed by atoms with E-state index in [9.17, 15) is 19.8 Å². The zero-order valence-electron chi connectivity index (χ0n) is 13.7. The number of likely N-dealkylation sites (tertiary alicyclic amines) is 1. The van der Waals surface area contributed by atoms with Gasteiger partial charge in [0.1, 0.15) is 0 Å². The molecule has 6 heteroatoms. The highest BCUT2D eigenvalue weighted by Crippen LogP contribution is 2.58. The summed E-state index contributed by atoms with van der Waals surface area (Å²) in [6.45, 7) is 1.35. The highest BCUT2D eigenvalue weighted by atomic mass is 16.4. The first kappa shape index (κ1) is 16.6. The molecule has 1 saturated carbocycles. The number of hydrogen-bond donors (Lipinski definition) is 2. The number of carboxylic acids is 2. The molecule has 0 aromatic carbocycles. The molecule has 1 aliphatic heterocycles. The third kappa shape index (κ3) is 2.71. The molecule has 1 aliphatic carbocycles. The Morgan fingerprint density at radius 2 is 2.17 bits per heavy atom. The van der Waals surface area contributed by atoms with E-state index in [0.717, 1.165) is 37.4 Å². The molecule has 0 amide bonds. The van der Waals surface area contributed by atoms with Crippen LogP contribution in [0.15, 0.2) is 36.2 Å². The fourth-order valence-corrected chi connectivity index (χ4v) is 4.81. The highest BCUT2D eigenvalue weighted by molar-refractivity contribution is 5.96. The largest absolute Gasteiger partial charge is 0.478 e. The van der Waals surface area contributed by atoms with Crippen molar-refractivity contribution in [2.24, 2.45) is 11.3 Å². The number of nitrogens with zero attached hydrogens (tertiary/aromatic N) is 2. The van der Waals surface area contributed by atoms with E-state index in [4.69, 9.17) is 0 Å². The van der Waals surface area contributed by atoms with Crippen LogP contribution in [0.2, 0.25) is 0 Å². The highest BCUT2D eigenvalue weighted by Gasteiger charge is 2.56. The number of rotatable bonds is 4. The van der Waals surface area contributed by atoms with Gasteiger partial charge >= 0.3 is 11.9 Å². The molecule has 1 saturated heterocycles. The van der Waals surface area contributed by atoms with E-state index in [1.165, 1.54) is 0 Å². The van der Waals surface area contributed by atoms with Gasteiger partial charge in [0.15, 0.2) is 0 Å². The molecule has 0 radical (unpaired) electrons. The molecular formula is C18H22N2O4. The first-order chi connectivity index (χ1) is 11.4. The van der Waals surface area contributed by atoms with Gasteiger partial charge in [-0.2, -0.15) is 0 Å². The van der Waals surface area contributed by atoms with Crippen LogP contribution >= 0.6 is 0 Å². The van der Waals surface area contributed by atoms with Crippen molar-refractivity contribution in [3.63, 3.8) is 0 Å². The lowest BCUT2D eigenvalue weighted by molar-refractivity contribution is -0.136. The van der Waals surface area contributed by atoms with Crippen molar-refractivity contribution in [1.82, 2.24) is 9.88 Å². The molecule has 0 unspecified atom stereocenters. The maximum absolute atomic E-state index is 12.0. The second-order valence-electron chi connectivity index (χ2n) is 6.91. The molecule has 1 aromatic rings. The Morgan fingerprint density at radius 3 is 2.79 bits per heavy atom. The van der Waals surface area contributed by atoms with Gasteiger partial charge in [0.2, 0.25) is 0 Å². The van der Waals surface area contributed by atoms with Crippen LogP contribution in [0, 0.1) is 11.3 Å². The number of hydrogen-bond acceptors (Lipinski definition) is 4. The summed E-state index contributed by atoms with van der Waals surface area (Å²) in [4.78, 5) is 29.6. The molecule has 2 fully saturated rings. The number of pyridine rings is 1. The number of fused-ring (bicyclic) bond motifs is 1. The first-order valence-corrected chi connectivity index (χ1v) is 8.22. The lowest BCUT2D eigenvalue weighted by Crippen LogP contribution is -2.44. The van der Waals surface area contributed by atoms with Gasteiger partial charge in [0, 0.05) is 37.0 Å². The summed E-state index contributed by atoms with van der Waals surface area (Å²) >= 11 is 0. The van der Waals surface area contributed by atoms with Gasteiger partial charge in [0.25, 0.3) is 0 Å². The predicted octanol–water partition coefficient (Wildman–Crippen LogP) is 1.99. The molecular weight excluding hydrogens is 308 g/mol. The smallest absolute Gasteiger partial charge is 0.332 e. The quantitative estimate of drug-likeness (QED) is 0.821. The molecule has 0 bridgehead atoms. The Balaban J connectivity index is 2.18. The molecule has 24 heavy (non-hydrogen) atoms. The standard InChI is InChI=1S/C18H22N2O4/c1-20-10-13-5-2-6-14(12-4-3-7-19-9-12)18(13,11-20)15(17(23)24)8-16(21)22/h3-4,7-9,13-14H,2,5-6,10-11H2,1H3,(H,21,22)(H,23,24)/t13-,14+,18-/m0/s1. The number of aromatic nitrogens is 1. The van der Waals surface area contributed by atoms with Crippen LogP contribution in [-0.2, 0) is 9.59 Å². The predicted molar refractivity (Wildman–Crippen MR) is 87.6 cm³/mol. The minimum atomic E-state index is -1.20. The SMILES string of the molecule is CN1C[C@@H]2CCC[C@H](c3cccnc3)[C@]2(C(=CC(=O)O)C(=O)O)C1. The van der Waals surface area contributed by atoms with E-state index in [2.05, 4.69) is 9.88 Å². The molecule has 0 spiro atoms. The number of carboxylic acid groups (broad SMARTS) is 2. The third-order valence-electron chi connectivity index (χ3n) is 5.55. The summed E-state index contributed by atoms with van der Waals surface area (Å²) in [5.74, 6) is -2.22. The zero-order chi connectivity index (χ0) is 17.3. The van der Waals surface area contributed by atoms with Gasteiger partial charge in [-0.05, 0) is 43.4 Å². The van der Waals surface area contributed by atoms with Gasteiger partial charge in [-0.3, -0.25) is 4.98 Å². The summed E-state index contributed by atoms with van der Waals surface area (Å²) in [6, 6.07) is 3.83. The van der Waals surface area contributed by atoms with Crippen molar-refractivity contribution in [1.29, 1.82) is 0 Å². The van der Waals surface area contributed by atoms with E-state index >= 15 is 0 Å². The first-order valence-electron chi connectivity index (χ1n) is 8.22. The maximum atomic E-state index is 12.0. The van der Waals surface area contributed by atoms with Crippen molar-refractivity contribution in [3.05, 3.63) is 41.7 Å². The summed E-state index contributed by atoms with van der Waals surface area (Å²) in [5.41, 5.74) is 0.341. The second kappa shape index (κ2) is 6.36. The monoisotopic (exact) mass is 330 g/mol. The Hall–Kier alpha value is -2.21. The topological polar surface area (TPSA) is 90.7 Å². The fraction of sp³-hybridized carbons (Fsp3) is 0.500. The molecule has 2 aliphatic rings. The van der Waals surface area contributed by atoms with E-state index < -0.39 is 17.4 Å². The fourth-order valence-electron chi connectivity index (χ4n) is 4.81. The molecule has 3 rings (SSSR count). The van der Waals surface area contributed by atoms with Gasteiger partial charge in [-0.25, -0.2) is 9.59 Å². The Labute approximate surface area is 140 Å². The van der Waals surface area contributed by atoms with Gasteiger partial charge in [-0.1, -0.05) is 12.5 Å². The Morgan fingerprint density at radius 1 is 1.38 bits per heavy atom. The van der Waals surface area contributed by atoms with Crippen LogP contribution in [-0.4, -0.2) is 52.2 Å². The third-order valence-corrected chi connectivity index (χ3v) is 5.55. The normalized spacial score (nSPS) is 30.8. The van der Waals surface area contributed by atoms with Crippen LogP contribution in [0.4, 0.5) is 0 Å². The van der Waals surface area contributed by atoms with Crippen LogP contribution < -0.4 is 0 Å². The minimum Gasteiger partial charge on any atom is -0.478 e. The van der Waals surface area contributed by atoms with E-state index in [0.29, 0.717) is 6.54 Å². The van der Waals surface area contributed by atoms with E-state index in [1.54, 1.807) is 12.4 Å². The van der Waals surface area contributed by atoms with Gasteiger partial charge in [-0.15, -0.1) is 0 Å². The van der Waals surface area contributed by atoms with Crippen molar-refractivity contribution in [2.75, 3.05) is 20.1 Å². The Bertz CT molecular complexity index is 673. The van der Waals surface area contributed by atoms with E-state index in [1.807, 2.05) is 19.2 Å². The van der Waals surface area contributed by atoms with Crippen LogP contribution in [0.1, 0.15) is 30.7 Å². The van der Waals surface area contributed by atoms with Crippen LogP contribution in [0.5, 0.6) is 0 Å². The van der Waals surface area contributed by atoms with Gasteiger partial charge in [0.05, 0.1) is 5.57 Å². The average molecular weight is 330 g/mol. The zero-order valence-corrected chi connectivity index (χ0v) is 13.7. The molecule has 2 heterocycles. The van der Waals surface area contributed by atoms with Crippen LogP contribution in [0.25, 0.3) is 0 Å². The number of aliphatic carboxylic acids is 2. The molecule has 2 N–H and O–H groups in total. The second-order valence-corrected chi connectivity index (χ2v) is 6.91. The lowest BCUT2D eigenvalue weighted by atomic mass is 9.56. The molecule has 3 atom stereocenters. The summed E-state index contributed by atoms with van der Waals surface area (Å²) in [5, 5.41) is 19.0. The maximum Gasteiger partial charge on any atom is 0.332 e. The molecule has 128 valence electrons. The summed E-state index contributed by atoms with van der Waals surface area (Å²) < 4.78 is 0. The van der Waals surface area contributed by atoms with E-state index in [-0.39, 0.29) is 17.4 Å². The molecule has 1 aromatic heterocycles. The summed E-state index contributed by atoms with van der Waals surface area (Å²) in [7, 11) is 1.97. The Kier molecular flexibility index (Phi) is 4.41. The minimum absolute atomic E-state index is 0.0258. The number of carbonyl (C=O) groups is 2. The average Bonchev–Trinajstić information content (AvgIpc) is 2.89. The van der Waals surface area contributed by atoms with Crippen molar-refractivity contribution < 1.29 is 19.8 Å².